The smallest absolute Gasteiger partial charge is 0.329 e. The minimum atomic E-state index is -4.67. The minimum absolute atomic E-state index is 0.0323. The van der Waals surface area contributed by atoms with Gasteiger partial charge in [-0.25, -0.2) is 0 Å². The van der Waals surface area contributed by atoms with Gasteiger partial charge in [0.1, 0.15) is 0 Å². The number of nitrogens with zero attached hydrogens (tertiary/aromatic N) is 2. The molecule has 23 heavy (non-hydrogen) atoms. The highest BCUT2D eigenvalue weighted by Gasteiger charge is 2.38. The molecule has 0 aliphatic rings. The summed E-state index contributed by atoms with van der Waals surface area (Å²) in [6.07, 6.45) is -4.75. The third-order valence-electron chi connectivity index (χ3n) is 3.15. The summed E-state index contributed by atoms with van der Waals surface area (Å²) >= 11 is 0. The summed E-state index contributed by atoms with van der Waals surface area (Å²) in [6.45, 7) is 4.13. The Morgan fingerprint density at radius 2 is 1.91 bits per heavy atom. The van der Waals surface area contributed by atoms with E-state index in [4.69, 9.17) is 0 Å². The number of hydrogen-bond donors (Lipinski definition) is 1. The van der Waals surface area contributed by atoms with E-state index in [2.05, 4.69) is 33.8 Å². The largest absolute Gasteiger partial charge is 0.471 e. The number of alkyl halides is 3. The molecular formula is C15H16F3N3O2. The van der Waals surface area contributed by atoms with Crippen molar-refractivity contribution in [2.24, 2.45) is 0 Å². The molecule has 0 radical (unpaired) electrons. The molecule has 0 aliphatic heterocycles. The number of anilines is 1. The van der Waals surface area contributed by atoms with Crippen LogP contribution in [0.15, 0.2) is 28.8 Å². The van der Waals surface area contributed by atoms with E-state index >= 15 is 0 Å². The molecule has 124 valence electrons. The van der Waals surface area contributed by atoms with Gasteiger partial charge in [0, 0.05) is 18.5 Å². The van der Waals surface area contributed by atoms with Crippen LogP contribution < -0.4 is 5.32 Å². The molecule has 1 heterocycles. The van der Waals surface area contributed by atoms with E-state index in [-0.39, 0.29) is 24.6 Å². The predicted molar refractivity (Wildman–Crippen MR) is 76.8 cm³/mol. The van der Waals surface area contributed by atoms with Gasteiger partial charge in [0.15, 0.2) is 5.82 Å². The molecular weight excluding hydrogens is 311 g/mol. The molecule has 1 aromatic carbocycles. The monoisotopic (exact) mass is 327 g/mol. The van der Waals surface area contributed by atoms with Gasteiger partial charge >= 0.3 is 12.1 Å². The van der Waals surface area contributed by atoms with E-state index in [0.29, 0.717) is 11.6 Å². The van der Waals surface area contributed by atoms with Gasteiger partial charge in [-0.1, -0.05) is 31.1 Å². The number of halogens is 3. The van der Waals surface area contributed by atoms with Gasteiger partial charge in [-0.2, -0.15) is 18.2 Å². The average Bonchev–Trinajstić information content (AvgIpc) is 2.95. The van der Waals surface area contributed by atoms with Gasteiger partial charge in [0.05, 0.1) is 0 Å². The van der Waals surface area contributed by atoms with Crippen LogP contribution in [0.3, 0.4) is 0 Å². The summed E-state index contributed by atoms with van der Waals surface area (Å²) < 4.78 is 41.0. The molecule has 1 aromatic heterocycles. The fourth-order valence-electron chi connectivity index (χ4n) is 1.87. The van der Waals surface area contributed by atoms with Crippen LogP contribution in [0.5, 0.6) is 0 Å². The first-order valence-corrected chi connectivity index (χ1v) is 7.05. The van der Waals surface area contributed by atoms with Crippen molar-refractivity contribution in [2.75, 3.05) is 5.32 Å². The SMILES string of the molecule is CC(C)c1ccc(NC(=O)CCc2noc(C(F)(F)F)n2)cc1. The lowest BCUT2D eigenvalue weighted by molar-refractivity contribution is -0.159. The summed E-state index contributed by atoms with van der Waals surface area (Å²) in [4.78, 5) is 15.0. The molecule has 5 nitrogen and oxygen atoms in total. The van der Waals surface area contributed by atoms with Gasteiger partial charge in [-0.3, -0.25) is 4.79 Å². The van der Waals surface area contributed by atoms with Crippen LogP contribution in [0.4, 0.5) is 18.9 Å². The number of amides is 1. The Hall–Kier alpha value is -2.38. The minimum Gasteiger partial charge on any atom is -0.329 e. The third kappa shape index (κ3) is 4.80. The average molecular weight is 327 g/mol. The van der Waals surface area contributed by atoms with Gasteiger partial charge in [0.25, 0.3) is 0 Å². The maximum atomic E-state index is 12.3. The molecule has 1 N–H and O–H groups in total. The molecule has 8 heteroatoms. The summed E-state index contributed by atoms with van der Waals surface area (Å²) in [6, 6.07) is 7.39. The maximum absolute atomic E-state index is 12.3. The number of aryl methyl sites for hydroxylation is 1. The van der Waals surface area contributed by atoms with Crippen LogP contribution in [0, 0.1) is 0 Å². The second kappa shape index (κ2) is 6.80. The first kappa shape index (κ1) is 17.0. The van der Waals surface area contributed by atoms with Crippen LogP contribution in [0.1, 0.15) is 43.5 Å². The molecule has 1 amide bonds. The lowest BCUT2D eigenvalue weighted by atomic mass is 10.0. The van der Waals surface area contributed by atoms with Gasteiger partial charge in [-0.15, -0.1) is 0 Å². The molecule has 0 saturated carbocycles. The first-order valence-electron chi connectivity index (χ1n) is 7.05. The van der Waals surface area contributed by atoms with Crippen molar-refractivity contribution in [3.05, 3.63) is 41.5 Å². The molecule has 0 unspecified atom stereocenters. The van der Waals surface area contributed by atoms with Crippen molar-refractivity contribution < 1.29 is 22.5 Å². The Kier molecular flexibility index (Phi) is 5.02. The van der Waals surface area contributed by atoms with E-state index in [0.717, 1.165) is 5.56 Å². The summed E-state index contributed by atoms with van der Waals surface area (Å²) in [5, 5.41) is 5.87. The number of hydrogen-bond acceptors (Lipinski definition) is 4. The molecule has 0 fully saturated rings. The van der Waals surface area contributed by atoms with Crippen LogP contribution in [-0.2, 0) is 17.4 Å². The van der Waals surface area contributed by atoms with Gasteiger partial charge in [0.2, 0.25) is 5.91 Å². The predicted octanol–water partition coefficient (Wildman–Crippen LogP) is 3.78. The van der Waals surface area contributed by atoms with Crippen molar-refractivity contribution in [1.82, 2.24) is 10.1 Å². The van der Waals surface area contributed by atoms with Crippen molar-refractivity contribution in [2.45, 2.75) is 38.8 Å². The highest BCUT2D eigenvalue weighted by Crippen LogP contribution is 2.27. The topological polar surface area (TPSA) is 68.0 Å². The van der Waals surface area contributed by atoms with E-state index in [1.165, 1.54) is 0 Å². The van der Waals surface area contributed by atoms with Crippen LogP contribution in [-0.4, -0.2) is 16.0 Å². The fraction of sp³-hybridized carbons (Fsp3) is 0.400. The second-order valence-electron chi connectivity index (χ2n) is 5.34. The van der Waals surface area contributed by atoms with Crippen LogP contribution in [0.25, 0.3) is 0 Å². The number of rotatable bonds is 5. The number of benzene rings is 1. The fourth-order valence-corrected chi connectivity index (χ4v) is 1.87. The van der Waals surface area contributed by atoms with E-state index in [9.17, 15) is 18.0 Å². The summed E-state index contributed by atoms with van der Waals surface area (Å²) in [7, 11) is 0. The van der Waals surface area contributed by atoms with Crippen LogP contribution >= 0.6 is 0 Å². The number of carbonyl (C=O) groups is 1. The van der Waals surface area contributed by atoms with Crippen LogP contribution in [0.2, 0.25) is 0 Å². The molecule has 0 bridgehead atoms. The van der Waals surface area contributed by atoms with Crippen molar-refractivity contribution in [1.29, 1.82) is 0 Å². The third-order valence-corrected chi connectivity index (χ3v) is 3.15. The standard InChI is InChI=1S/C15H16F3N3O2/c1-9(2)10-3-5-11(6-4-10)19-13(22)8-7-12-20-14(23-21-12)15(16,17)18/h3-6,9H,7-8H2,1-2H3,(H,19,22). The van der Waals surface area contributed by atoms with E-state index in [1.807, 2.05) is 12.1 Å². The highest BCUT2D eigenvalue weighted by molar-refractivity contribution is 5.90. The van der Waals surface area contributed by atoms with E-state index in [1.54, 1.807) is 12.1 Å². The Balaban J connectivity index is 1.86. The lowest BCUT2D eigenvalue weighted by Gasteiger charge is -2.08. The number of nitrogens with one attached hydrogen (secondary N) is 1. The Morgan fingerprint density at radius 1 is 1.26 bits per heavy atom. The number of aromatic nitrogens is 2. The maximum Gasteiger partial charge on any atom is 0.471 e. The first-order chi connectivity index (χ1) is 10.8. The molecule has 2 aromatic rings. The van der Waals surface area contributed by atoms with Crippen molar-refractivity contribution in [3.63, 3.8) is 0 Å². The highest BCUT2D eigenvalue weighted by atomic mass is 19.4. The molecule has 2 rings (SSSR count). The zero-order chi connectivity index (χ0) is 17.0. The second-order valence-corrected chi connectivity index (χ2v) is 5.34. The normalized spacial score (nSPS) is 11.7. The molecule has 0 saturated heterocycles. The summed E-state index contributed by atoms with van der Waals surface area (Å²) in [5.41, 5.74) is 1.78. The van der Waals surface area contributed by atoms with Gasteiger partial charge < -0.3 is 9.84 Å². The van der Waals surface area contributed by atoms with E-state index < -0.39 is 12.1 Å². The van der Waals surface area contributed by atoms with Crippen molar-refractivity contribution in [3.8, 4) is 0 Å². The molecule has 0 aliphatic carbocycles. The quantitative estimate of drug-likeness (QED) is 0.907. The summed E-state index contributed by atoms with van der Waals surface area (Å²) in [5.74, 6) is -1.50. The Morgan fingerprint density at radius 3 is 2.43 bits per heavy atom. The van der Waals surface area contributed by atoms with Crippen molar-refractivity contribution >= 4 is 11.6 Å². The molecule has 0 spiro atoms. The zero-order valence-corrected chi connectivity index (χ0v) is 12.6. The lowest BCUT2D eigenvalue weighted by Crippen LogP contribution is -2.13. The number of carbonyl (C=O) groups excluding carboxylic acids is 1. The van der Waals surface area contributed by atoms with Gasteiger partial charge in [-0.05, 0) is 23.6 Å². The Bertz CT molecular complexity index is 663. The Labute approximate surface area is 130 Å². The molecule has 0 atom stereocenters. The zero-order valence-electron chi connectivity index (χ0n) is 12.6.